The average Bonchev–Trinajstić information content (AvgIpc) is 3.39. The van der Waals surface area contributed by atoms with Crippen molar-refractivity contribution in [1.29, 1.82) is 0 Å². The van der Waals surface area contributed by atoms with E-state index >= 15 is 0 Å². The van der Waals surface area contributed by atoms with E-state index in [0.717, 1.165) is 49.3 Å². The molecule has 0 radical (unpaired) electrons. The van der Waals surface area contributed by atoms with Crippen molar-refractivity contribution in [3.63, 3.8) is 0 Å². The first kappa shape index (κ1) is 15.4. The average molecular weight is 329 g/mol. The molecular weight excluding hydrogens is 306 g/mol. The smallest absolute Gasteiger partial charge is 0.162 e. The number of hydrogen-bond donors (Lipinski definition) is 0. The van der Waals surface area contributed by atoms with Crippen molar-refractivity contribution in [1.82, 2.24) is 9.97 Å². The highest BCUT2D eigenvalue weighted by atomic mass is 16.6. The molecule has 1 atom stereocenters. The third-order valence-electron chi connectivity index (χ3n) is 5.38. The Morgan fingerprint density at radius 1 is 1.12 bits per heavy atom. The van der Waals surface area contributed by atoms with Gasteiger partial charge in [0.15, 0.2) is 11.5 Å². The molecule has 24 heavy (non-hydrogen) atoms. The van der Waals surface area contributed by atoms with E-state index in [-0.39, 0.29) is 5.60 Å². The standard InChI is InChI=1S/C18H23N3O3/c1-18(10-24-18)12-4-6-21(7-5-12)17-13-8-15(22-2)16(23-3)9-14(13)19-11-20-17/h8-9,11-12H,4-7,10H2,1-3H3. The van der Waals surface area contributed by atoms with Crippen molar-refractivity contribution >= 4 is 16.7 Å². The van der Waals surface area contributed by atoms with Crippen molar-refractivity contribution in [2.75, 3.05) is 38.8 Å². The number of piperidine rings is 1. The van der Waals surface area contributed by atoms with Gasteiger partial charge < -0.3 is 19.1 Å². The second kappa shape index (κ2) is 5.77. The fourth-order valence-electron chi connectivity index (χ4n) is 3.67. The van der Waals surface area contributed by atoms with Crippen LogP contribution in [0.4, 0.5) is 5.82 Å². The molecule has 1 aromatic carbocycles. The number of methoxy groups -OCH3 is 2. The van der Waals surface area contributed by atoms with Gasteiger partial charge in [0.05, 0.1) is 31.9 Å². The second-order valence-electron chi connectivity index (χ2n) is 6.78. The number of fused-ring (bicyclic) bond motifs is 1. The number of ether oxygens (including phenoxy) is 3. The molecule has 6 heteroatoms. The van der Waals surface area contributed by atoms with Crippen molar-refractivity contribution in [2.45, 2.75) is 25.4 Å². The summed E-state index contributed by atoms with van der Waals surface area (Å²) in [5.74, 6) is 3.01. The lowest BCUT2D eigenvalue weighted by Crippen LogP contribution is -2.38. The predicted molar refractivity (Wildman–Crippen MR) is 91.9 cm³/mol. The fourth-order valence-corrected chi connectivity index (χ4v) is 3.67. The van der Waals surface area contributed by atoms with E-state index in [1.54, 1.807) is 20.5 Å². The molecule has 2 fully saturated rings. The third-order valence-corrected chi connectivity index (χ3v) is 5.38. The molecule has 0 aliphatic carbocycles. The molecule has 2 saturated heterocycles. The van der Waals surface area contributed by atoms with E-state index in [0.29, 0.717) is 17.4 Å². The summed E-state index contributed by atoms with van der Waals surface area (Å²) < 4.78 is 16.4. The van der Waals surface area contributed by atoms with Gasteiger partial charge in [-0.3, -0.25) is 0 Å². The van der Waals surface area contributed by atoms with Gasteiger partial charge in [-0.2, -0.15) is 0 Å². The topological polar surface area (TPSA) is 60.0 Å². The largest absolute Gasteiger partial charge is 0.493 e. The molecule has 0 saturated carbocycles. The summed E-state index contributed by atoms with van der Waals surface area (Å²) in [5, 5.41) is 1.00. The zero-order valence-electron chi connectivity index (χ0n) is 14.4. The van der Waals surface area contributed by atoms with Gasteiger partial charge in [-0.1, -0.05) is 0 Å². The fraction of sp³-hybridized carbons (Fsp3) is 0.556. The highest BCUT2D eigenvalue weighted by molar-refractivity contribution is 5.92. The molecule has 128 valence electrons. The summed E-state index contributed by atoms with van der Waals surface area (Å²) in [7, 11) is 3.28. The molecule has 0 N–H and O–H groups in total. The van der Waals surface area contributed by atoms with Gasteiger partial charge in [-0.15, -0.1) is 0 Å². The Morgan fingerprint density at radius 2 is 1.79 bits per heavy atom. The van der Waals surface area contributed by atoms with Gasteiger partial charge in [0.1, 0.15) is 12.1 Å². The van der Waals surface area contributed by atoms with Crippen LogP contribution in [-0.2, 0) is 4.74 Å². The lowest BCUT2D eigenvalue weighted by Gasteiger charge is -2.35. The van der Waals surface area contributed by atoms with Crippen LogP contribution in [0.2, 0.25) is 0 Å². The van der Waals surface area contributed by atoms with Gasteiger partial charge >= 0.3 is 0 Å². The van der Waals surface area contributed by atoms with E-state index in [1.807, 2.05) is 12.1 Å². The number of aromatic nitrogens is 2. The molecule has 0 bridgehead atoms. The molecule has 2 aliphatic heterocycles. The van der Waals surface area contributed by atoms with Crippen molar-refractivity contribution in [3.05, 3.63) is 18.5 Å². The summed E-state index contributed by atoms with van der Waals surface area (Å²) in [4.78, 5) is 11.3. The maximum absolute atomic E-state index is 5.63. The summed E-state index contributed by atoms with van der Waals surface area (Å²) >= 11 is 0. The quantitative estimate of drug-likeness (QED) is 0.804. The van der Waals surface area contributed by atoms with Crippen LogP contribution in [0.25, 0.3) is 10.9 Å². The summed E-state index contributed by atoms with van der Waals surface area (Å²) in [6.07, 6.45) is 3.89. The minimum Gasteiger partial charge on any atom is -0.493 e. The highest BCUT2D eigenvalue weighted by Gasteiger charge is 2.47. The minimum atomic E-state index is 0.121. The number of hydrogen-bond acceptors (Lipinski definition) is 6. The first-order valence-electron chi connectivity index (χ1n) is 8.40. The second-order valence-corrected chi connectivity index (χ2v) is 6.78. The third kappa shape index (κ3) is 2.55. The number of rotatable bonds is 4. The Bertz CT molecular complexity index is 753. The van der Waals surface area contributed by atoms with E-state index in [9.17, 15) is 0 Å². The van der Waals surface area contributed by atoms with Crippen molar-refractivity contribution < 1.29 is 14.2 Å². The number of benzene rings is 1. The van der Waals surface area contributed by atoms with Crippen LogP contribution in [0.5, 0.6) is 11.5 Å². The Balaban J connectivity index is 1.64. The van der Waals surface area contributed by atoms with E-state index < -0.39 is 0 Å². The lowest BCUT2D eigenvalue weighted by molar-refractivity contribution is 0.204. The Hall–Kier alpha value is -2.08. The van der Waals surface area contributed by atoms with Gasteiger partial charge in [0.2, 0.25) is 0 Å². The maximum Gasteiger partial charge on any atom is 0.162 e. The molecule has 1 aromatic heterocycles. The Labute approximate surface area is 141 Å². The Morgan fingerprint density at radius 3 is 2.42 bits per heavy atom. The van der Waals surface area contributed by atoms with Crippen LogP contribution < -0.4 is 14.4 Å². The molecule has 3 heterocycles. The molecule has 2 aliphatic rings. The van der Waals surface area contributed by atoms with Gasteiger partial charge in [0.25, 0.3) is 0 Å². The molecule has 0 amide bonds. The van der Waals surface area contributed by atoms with Crippen LogP contribution >= 0.6 is 0 Å². The lowest BCUT2D eigenvalue weighted by atomic mass is 9.85. The predicted octanol–water partition coefficient (Wildman–Crippen LogP) is 2.65. The molecular formula is C18H23N3O3. The highest BCUT2D eigenvalue weighted by Crippen LogP contribution is 2.42. The van der Waals surface area contributed by atoms with E-state index in [4.69, 9.17) is 14.2 Å². The zero-order valence-corrected chi connectivity index (χ0v) is 14.4. The van der Waals surface area contributed by atoms with Crippen LogP contribution in [0, 0.1) is 5.92 Å². The number of anilines is 1. The van der Waals surface area contributed by atoms with E-state index in [1.165, 1.54) is 0 Å². The summed E-state index contributed by atoms with van der Waals surface area (Å²) in [5.41, 5.74) is 0.994. The molecule has 2 aromatic rings. The van der Waals surface area contributed by atoms with Crippen molar-refractivity contribution in [2.24, 2.45) is 5.92 Å². The first-order valence-corrected chi connectivity index (χ1v) is 8.40. The molecule has 4 rings (SSSR count). The van der Waals surface area contributed by atoms with Crippen LogP contribution in [-0.4, -0.2) is 49.5 Å². The maximum atomic E-state index is 5.63. The summed E-state index contributed by atoms with van der Waals surface area (Å²) in [6, 6.07) is 3.88. The number of epoxide rings is 1. The van der Waals surface area contributed by atoms with Crippen LogP contribution in [0.3, 0.4) is 0 Å². The molecule has 1 unspecified atom stereocenters. The van der Waals surface area contributed by atoms with Crippen LogP contribution in [0.1, 0.15) is 19.8 Å². The van der Waals surface area contributed by atoms with Gasteiger partial charge in [-0.05, 0) is 31.7 Å². The first-order chi connectivity index (χ1) is 11.6. The monoisotopic (exact) mass is 329 g/mol. The Kier molecular flexibility index (Phi) is 3.72. The van der Waals surface area contributed by atoms with Gasteiger partial charge in [0, 0.05) is 24.5 Å². The molecule has 6 nitrogen and oxygen atoms in total. The van der Waals surface area contributed by atoms with Gasteiger partial charge in [-0.25, -0.2) is 9.97 Å². The zero-order chi connectivity index (χ0) is 16.7. The molecule has 0 spiro atoms. The number of nitrogens with zero attached hydrogens (tertiary/aromatic N) is 3. The summed E-state index contributed by atoms with van der Waals surface area (Å²) in [6.45, 7) is 5.11. The van der Waals surface area contributed by atoms with Crippen LogP contribution in [0.15, 0.2) is 18.5 Å². The minimum absolute atomic E-state index is 0.121. The normalized spacial score (nSPS) is 24.2. The van der Waals surface area contributed by atoms with Crippen molar-refractivity contribution in [3.8, 4) is 11.5 Å². The SMILES string of the molecule is COc1cc2ncnc(N3CCC(C4(C)CO4)CC3)c2cc1OC. The van der Waals surface area contributed by atoms with E-state index in [2.05, 4.69) is 21.8 Å².